The molecule has 0 fully saturated rings. The second-order valence-electron chi connectivity index (χ2n) is 11.0. The van der Waals surface area contributed by atoms with Crippen LogP contribution in [0.2, 0.25) is 0 Å². The number of benzene rings is 3. The Balaban J connectivity index is 1.37. The van der Waals surface area contributed by atoms with Gasteiger partial charge in [0.05, 0.1) is 6.54 Å². The van der Waals surface area contributed by atoms with Crippen molar-refractivity contribution in [2.75, 3.05) is 42.9 Å². The molecule has 0 atom stereocenters. The van der Waals surface area contributed by atoms with Crippen molar-refractivity contribution in [2.24, 2.45) is 0 Å². The van der Waals surface area contributed by atoms with E-state index in [0.29, 0.717) is 26.2 Å². The molecular formula is C33H39FN4O2. The van der Waals surface area contributed by atoms with Gasteiger partial charge in [-0.25, -0.2) is 4.39 Å². The molecule has 210 valence electrons. The van der Waals surface area contributed by atoms with E-state index in [2.05, 4.69) is 27.2 Å². The molecule has 2 amide bonds. The molecule has 6 nitrogen and oxygen atoms in total. The number of rotatable bonds is 5. The first kappa shape index (κ1) is 28.0. The van der Waals surface area contributed by atoms with Crippen LogP contribution in [0.3, 0.4) is 0 Å². The molecule has 1 aliphatic carbocycles. The number of nitrogens with zero attached hydrogens (tertiary/aromatic N) is 3. The zero-order chi connectivity index (χ0) is 27.9. The van der Waals surface area contributed by atoms with E-state index in [9.17, 15) is 14.0 Å². The summed E-state index contributed by atoms with van der Waals surface area (Å²) in [7, 11) is 0. The first-order valence-corrected chi connectivity index (χ1v) is 14.4. The van der Waals surface area contributed by atoms with Crippen LogP contribution in [0.25, 0.3) is 0 Å². The largest absolute Gasteiger partial charge is 0.325 e. The maximum Gasteiger partial charge on any atom is 0.238 e. The lowest BCUT2D eigenvalue weighted by Crippen LogP contribution is -2.39. The van der Waals surface area contributed by atoms with Crippen LogP contribution in [-0.2, 0) is 35.5 Å². The SMILES string of the molecule is CC(=O)N1CCCN(Cc2ccc(F)cc2)CCN(CC(=O)Nc2cccc3c2CCCC3)Cc2ccccc21. The smallest absolute Gasteiger partial charge is 0.238 e. The number of carbonyl (C=O) groups excluding carboxylic acids is 2. The van der Waals surface area contributed by atoms with Gasteiger partial charge < -0.3 is 10.2 Å². The lowest BCUT2D eigenvalue weighted by molar-refractivity contribution is -0.118. The molecule has 0 unspecified atom stereocenters. The van der Waals surface area contributed by atoms with Gasteiger partial charge in [0.1, 0.15) is 5.82 Å². The highest BCUT2D eigenvalue weighted by molar-refractivity contribution is 5.93. The standard InChI is InChI=1S/C33H39FN4O2/c1-25(39)38-19-7-18-36(22-26-14-16-29(34)17-15-26)20-21-37(23-28-9-3-5-13-32(28)38)24-33(40)35-31-12-6-10-27-8-2-4-11-30(27)31/h3,5-6,9-10,12-17H,2,4,7-8,11,18-24H2,1H3,(H,35,40). The van der Waals surface area contributed by atoms with E-state index in [1.165, 1.54) is 29.7 Å². The summed E-state index contributed by atoms with van der Waals surface area (Å²) in [6.45, 7) is 5.96. The molecule has 7 heteroatoms. The average molecular weight is 543 g/mol. The van der Waals surface area contributed by atoms with Crippen LogP contribution >= 0.6 is 0 Å². The van der Waals surface area contributed by atoms with Crippen molar-refractivity contribution in [1.29, 1.82) is 0 Å². The molecule has 0 bridgehead atoms. The summed E-state index contributed by atoms with van der Waals surface area (Å²) < 4.78 is 13.5. The number of anilines is 2. The number of carbonyl (C=O) groups is 2. The third-order valence-electron chi connectivity index (χ3n) is 8.00. The zero-order valence-electron chi connectivity index (χ0n) is 23.4. The fraction of sp³-hybridized carbons (Fsp3) is 0.394. The van der Waals surface area contributed by atoms with Crippen LogP contribution in [0.1, 0.15) is 48.4 Å². The summed E-state index contributed by atoms with van der Waals surface area (Å²) in [5.41, 5.74) is 6.53. The van der Waals surface area contributed by atoms with Gasteiger partial charge in [-0.3, -0.25) is 19.4 Å². The van der Waals surface area contributed by atoms with E-state index >= 15 is 0 Å². The van der Waals surface area contributed by atoms with Gasteiger partial charge in [-0.15, -0.1) is 0 Å². The van der Waals surface area contributed by atoms with Gasteiger partial charge in [-0.2, -0.15) is 0 Å². The topological polar surface area (TPSA) is 55.9 Å². The predicted molar refractivity (Wildman–Crippen MR) is 158 cm³/mol. The summed E-state index contributed by atoms with van der Waals surface area (Å²) >= 11 is 0. The van der Waals surface area contributed by atoms with Crippen molar-refractivity contribution in [2.45, 2.75) is 52.1 Å². The Morgan fingerprint density at radius 2 is 1.55 bits per heavy atom. The fourth-order valence-corrected chi connectivity index (χ4v) is 5.95. The van der Waals surface area contributed by atoms with Crippen molar-refractivity contribution in [3.63, 3.8) is 0 Å². The van der Waals surface area contributed by atoms with Gasteiger partial charge in [0.25, 0.3) is 0 Å². The first-order chi connectivity index (χ1) is 19.5. The summed E-state index contributed by atoms with van der Waals surface area (Å²) in [6.07, 6.45) is 5.23. The van der Waals surface area contributed by atoms with E-state index in [4.69, 9.17) is 0 Å². The minimum Gasteiger partial charge on any atom is -0.325 e. The van der Waals surface area contributed by atoms with Crippen LogP contribution in [-0.4, -0.2) is 54.3 Å². The number of aryl methyl sites for hydroxylation is 1. The second kappa shape index (κ2) is 13.2. The van der Waals surface area contributed by atoms with E-state index in [1.807, 2.05) is 47.4 Å². The number of halogens is 1. The van der Waals surface area contributed by atoms with Gasteiger partial charge >= 0.3 is 0 Å². The van der Waals surface area contributed by atoms with Gasteiger partial charge in [0, 0.05) is 57.6 Å². The number of hydrogen-bond acceptors (Lipinski definition) is 4. The molecule has 5 rings (SSSR count). The van der Waals surface area contributed by atoms with Gasteiger partial charge in [0.15, 0.2) is 0 Å². The predicted octanol–water partition coefficient (Wildman–Crippen LogP) is 5.40. The monoisotopic (exact) mass is 542 g/mol. The minimum absolute atomic E-state index is 0.00919. The van der Waals surface area contributed by atoms with Crippen molar-refractivity contribution in [3.8, 4) is 0 Å². The average Bonchev–Trinajstić information content (AvgIpc) is 2.98. The lowest BCUT2D eigenvalue weighted by atomic mass is 9.90. The Morgan fingerprint density at radius 3 is 2.38 bits per heavy atom. The summed E-state index contributed by atoms with van der Waals surface area (Å²) in [6, 6.07) is 20.9. The fourth-order valence-electron chi connectivity index (χ4n) is 5.95. The molecule has 3 aromatic carbocycles. The molecule has 2 aliphatic rings. The lowest BCUT2D eigenvalue weighted by Gasteiger charge is -2.28. The van der Waals surface area contributed by atoms with E-state index in [-0.39, 0.29) is 24.2 Å². The normalized spacial score (nSPS) is 16.9. The number of fused-ring (bicyclic) bond motifs is 2. The van der Waals surface area contributed by atoms with Crippen LogP contribution in [0.4, 0.5) is 15.8 Å². The van der Waals surface area contributed by atoms with Crippen molar-refractivity contribution >= 4 is 23.2 Å². The van der Waals surface area contributed by atoms with Crippen molar-refractivity contribution in [3.05, 3.63) is 94.8 Å². The van der Waals surface area contributed by atoms with Crippen LogP contribution < -0.4 is 10.2 Å². The maximum absolute atomic E-state index is 13.5. The molecule has 0 saturated carbocycles. The number of amides is 2. The Morgan fingerprint density at radius 1 is 0.800 bits per heavy atom. The highest BCUT2D eigenvalue weighted by Crippen LogP contribution is 2.28. The van der Waals surface area contributed by atoms with Crippen LogP contribution in [0.5, 0.6) is 0 Å². The molecular weight excluding hydrogens is 503 g/mol. The van der Waals surface area contributed by atoms with Crippen molar-refractivity contribution in [1.82, 2.24) is 9.80 Å². The Labute approximate surface area is 236 Å². The molecule has 1 heterocycles. The molecule has 3 aromatic rings. The first-order valence-electron chi connectivity index (χ1n) is 14.4. The molecule has 40 heavy (non-hydrogen) atoms. The molecule has 0 spiro atoms. The van der Waals surface area contributed by atoms with Crippen LogP contribution in [0, 0.1) is 5.82 Å². The number of hydrogen-bond donors (Lipinski definition) is 1. The van der Waals surface area contributed by atoms with Gasteiger partial charge in [-0.05, 0) is 78.6 Å². The zero-order valence-corrected chi connectivity index (χ0v) is 23.4. The molecule has 0 saturated heterocycles. The summed E-state index contributed by atoms with van der Waals surface area (Å²) in [5, 5.41) is 3.21. The Kier molecular flexibility index (Phi) is 9.24. The summed E-state index contributed by atoms with van der Waals surface area (Å²) in [4.78, 5) is 32.5. The third-order valence-corrected chi connectivity index (χ3v) is 8.00. The quantitative estimate of drug-likeness (QED) is 0.469. The molecule has 0 aromatic heterocycles. The number of para-hydroxylation sites is 1. The van der Waals surface area contributed by atoms with Gasteiger partial charge in [0.2, 0.25) is 11.8 Å². The minimum atomic E-state index is -0.243. The Bertz CT molecular complexity index is 1330. The molecule has 1 aliphatic heterocycles. The van der Waals surface area contributed by atoms with Crippen molar-refractivity contribution < 1.29 is 14.0 Å². The maximum atomic E-state index is 13.5. The highest BCUT2D eigenvalue weighted by Gasteiger charge is 2.22. The molecule has 0 radical (unpaired) electrons. The molecule has 1 N–H and O–H groups in total. The van der Waals surface area contributed by atoms with Crippen LogP contribution in [0.15, 0.2) is 66.7 Å². The Hall–Kier alpha value is -3.55. The van der Waals surface area contributed by atoms with E-state index in [0.717, 1.165) is 61.3 Å². The number of nitrogens with one attached hydrogen (secondary N) is 1. The van der Waals surface area contributed by atoms with Gasteiger partial charge in [-0.1, -0.05) is 42.5 Å². The highest BCUT2D eigenvalue weighted by atomic mass is 19.1. The summed E-state index contributed by atoms with van der Waals surface area (Å²) in [5.74, 6) is -0.261. The second-order valence-corrected chi connectivity index (χ2v) is 11.0. The third kappa shape index (κ3) is 7.14. The van der Waals surface area contributed by atoms with E-state index < -0.39 is 0 Å². The van der Waals surface area contributed by atoms with E-state index in [1.54, 1.807) is 6.92 Å².